The third-order valence-electron chi connectivity index (χ3n) is 3.71. The largest absolute Gasteiger partial charge is 0.486 e. The smallest absolute Gasteiger partial charge is 0.410 e. The van der Waals surface area contributed by atoms with Gasteiger partial charge in [0.05, 0.1) is 0 Å². The number of ether oxygens (including phenoxy) is 3. The third kappa shape index (κ3) is 5.86. The van der Waals surface area contributed by atoms with Crippen LogP contribution in [0.25, 0.3) is 0 Å². The topological polar surface area (TPSA) is 65.1 Å². The molecule has 0 aromatic heterocycles. The predicted molar refractivity (Wildman–Crippen MR) is 89.9 cm³/mol. The SMILES string of the molecule is CC(C)(C)OC(=O)N1CCC(Oc2cc(C=O)ccc2OC(F)F)CC1. The van der Waals surface area contributed by atoms with Crippen molar-refractivity contribution in [1.82, 2.24) is 4.90 Å². The van der Waals surface area contributed by atoms with Crippen LogP contribution >= 0.6 is 0 Å². The van der Waals surface area contributed by atoms with Crippen LogP contribution in [0.3, 0.4) is 0 Å². The summed E-state index contributed by atoms with van der Waals surface area (Å²) in [6.45, 7) is 3.26. The predicted octanol–water partition coefficient (Wildman–Crippen LogP) is 3.88. The van der Waals surface area contributed by atoms with Gasteiger partial charge in [0.1, 0.15) is 18.0 Å². The van der Waals surface area contributed by atoms with Crippen LogP contribution in [-0.2, 0) is 4.74 Å². The van der Waals surface area contributed by atoms with E-state index < -0.39 is 12.2 Å². The molecule has 2 rings (SSSR count). The van der Waals surface area contributed by atoms with E-state index in [0.717, 1.165) is 0 Å². The Morgan fingerprint density at radius 3 is 2.42 bits per heavy atom. The van der Waals surface area contributed by atoms with Crippen LogP contribution in [0.2, 0.25) is 0 Å². The zero-order valence-corrected chi connectivity index (χ0v) is 15.0. The second-order valence-corrected chi connectivity index (χ2v) is 6.99. The number of carbonyl (C=O) groups is 2. The molecule has 0 saturated carbocycles. The van der Waals surface area contributed by atoms with Crippen LogP contribution in [0.5, 0.6) is 11.5 Å². The van der Waals surface area contributed by atoms with Gasteiger partial charge in [-0.1, -0.05) is 0 Å². The molecule has 1 amide bonds. The lowest BCUT2D eigenvalue weighted by Crippen LogP contribution is -2.44. The van der Waals surface area contributed by atoms with Gasteiger partial charge in [0.2, 0.25) is 0 Å². The van der Waals surface area contributed by atoms with Gasteiger partial charge in [-0.05, 0) is 39.0 Å². The summed E-state index contributed by atoms with van der Waals surface area (Å²) in [5.41, 5.74) is -0.269. The van der Waals surface area contributed by atoms with Crippen LogP contribution in [0.1, 0.15) is 44.0 Å². The first-order valence-electron chi connectivity index (χ1n) is 8.36. The van der Waals surface area contributed by atoms with E-state index in [2.05, 4.69) is 4.74 Å². The number of piperidine rings is 1. The Balaban J connectivity index is 1.98. The van der Waals surface area contributed by atoms with Gasteiger partial charge in [-0.3, -0.25) is 4.79 Å². The van der Waals surface area contributed by atoms with E-state index in [-0.39, 0.29) is 23.7 Å². The zero-order valence-electron chi connectivity index (χ0n) is 15.0. The molecule has 1 aromatic rings. The lowest BCUT2D eigenvalue weighted by Gasteiger charge is -2.33. The van der Waals surface area contributed by atoms with E-state index in [0.29, 0.717) is 37.8 Å². The molecule has 8 heteroatoms. The average molecular weight is 371 g/mol. The van der Waals surface area contributed by atoms with Gasteiger partial charge in [0, 0.05) is 31.5 Å². The number of aldehydes is 1. The molecule has 6 nitrogen and oxygen atoms in total. The Kier molecular flexibility index (Phi) is 6.39. The fourth-order valence-electron chi connectivity index (χ4n) is 2.55. The highest BCUT2D eigenvalue weighted by atomic mass is 19.3. The number of carbonyl (C=O) groups excluding carboxylic acids is 2. The van der Waals surface area contributed by atoms with Crippen molar-refractivity contribution in [2.45, 2.75) is 51.9 Å². The highest BCUT2D eigenvalue weighted by Crippen LogP contribution is 2.32. The lowest BCUT2D eigenvalue weighted by atomic mass is 10.1. The Morgan fingerprint density at radius 2 is 1.88 bits per heavy atom. The molecular weight excluding hydrogens is 348 g/mol. The molecule has 0 N–H and O–H groups in total. The Morgan fingerprint density at radius 1 is 1.23 bits per heavy atom. The number of rotatable bonds is 5. The molecule has 0 unspecified atom stereocenters. The number of hydrogen-bond donors (Lipinski definition) is 0. The first kappa shape index (κ1) is 19.9. The Labute approximate surface area is 151 Å². The van der Waals surface area contributed by atoms with E-state index in [1.807, 2.05) is 0 Å². The van der Waals surface area contributed by atoms with E-state index in [9.17, 15) is 18.4 Å². The number of halogens is 2. The molecule has 144 valence electrons. The van der Waals surface area contributed by atoms with E-state index in [4.69, 9.17) is 9.47 Å². The van der Waals surface area contributed by atoms with Crippen LogP contribution in [0, 0.1) is 0 Å². The van der Waals surface area contributed by atoms with Crippen molar-refractivity contribution in [2.75, 3.05) is 13.1 Å². The second-order valence-electron chi connectivity index (χ2n) is 6.99. The van der Waals surface area contributed by atoms with Gasteiger partial charge in [-0.15, -0.1) is 0 Å². The minimum Gasteiger partial charge on any atom is -0.486 e. The molecule has 26 heavy (non-hydrogen) atoms. The molecule has 1 aliphatic rings. The summed E-state index contributed by atoms with van der Waals surface area (Å²) >= 11 is 0. The van der Waals surface area contributed by atoms with Crippen molar-refractivity contribution in [3.05, 3.63) is 23.8 Å². The van der Waals surface area contributed by atoms with E-state index >= 15 is 0 Å². The highest BCUT2D eigenvalue weighted by Gasteiger charge is 2.28. The van der Waals surface area contributed by atoms with Crippen LogP contribution < -0.4 is 9.47 Å². The monoisotopic (exact) mass is 371 g/mol. The summed E-state index contributed by atoms with van der Waals surface area (Å²) in [6, 6.07) is 4.02. The molecule has 0 spiro atoms. The maximum absolute atomic E-state index is 12.5. The molecule has 1 fully saturated rings. The first-order valence-corrected chi connectivity index (χ1v) is 8.36. The van der Waals surface area contributed by atoms with Crippen LogP contribution in [0.4, 0.5) is 13.6 Å². The van der Waals surface area contributed by atoms with Gasteiger partial charge >= 0.3 is 12.7 Å². The summed E-state index contributed by atoms with van der Waals surface area (Å²) in [6.07, 6.45) is 0.956. The quantitative estimate of drug-likeness (QED) is 0.735. The van der Waals surface area contributed by atoms with Crippen molar-refractivity contribution in [3.8, 4) is 11.5 Å². The number of amides is 1. The summed E-state index contributed by atoms with van der Waals surface area (Å²) < 4.78 is 40.6. The number of nitrogens with zero attached hydrogens (tertiary/aromatic N) is 1. The molecule has 1 saturated heterocycles. The van der Waals surface area contributed by atoms with Crippen molar-refractivity contribution in [3.63, 3.8) is 0 Å². The summed E-state index contributed by atoms with van der Waals surface area (Å²) in [5.74, 6) is -0.0363. The number of hydrogen-bond acceptors (Lipinski definition) is 5. The van der Waals surface area contributed by atoms with Crippen molar-refractivity contribution < 1.29 is 32.6 Å². The number of alkyl halides is 2. The molecule has 0 aliphatic carbocycles. The standard InChI is InChI=1S/C18H23F2NO5/c1-18(2,3)26-17(23)21-8-6-13(7-9-21)24-15-10-12(11-22)4-5-14(15)25-16(19)20/h4-5,10-11,13,16H,6-9H2,1-3H3. The molecule has 0 bridgehead atoms. The maximum atomic E-state index is 12.5. The molecule has 1 aliphatic heterocycles. The Hall–Kier alpha value is -2.38. The zero-order chi connectivity index (χ0) is 19.3. The van der Waals surface area contributed by atoms with Crippen molar-refractivity contribution in [2.24, 2.45) is 0 Å². The fourth-order valence-corrected chi connectivity index (χ4v) is 2.55. The van der Waals surface area contributed by atoms with Gasteiger partial charge in [-0.25, -0.2) is 4.79 Å². The molecule has 0 atom stereocenters. The number of likely N-dealkylation sites (tertiary alicyclic amines) is 1. The fraction of sp³-hybridized carbons (Fsp3) is 0.556. The summed E-state index contributed by atoms with van der Waals surface area (Å²) in [7, 11) is 0. The van der Waals surface area contributed by atoms with Gasteiger partial charge in [-0.2, -0.15) is 8.78 Å². The van der Waals surface area contributed by atoms with Gasteiger partial charge in [0.25, 0.3) is 0 Å². The molecule has 1 aromatic carbocycles. The summed E-state index contributed by atoms with van der Waals surface area (Å²) in [5, 5.41) is 0. The first-order chi connectivity index (χ1) is 12.2. The van der Waals surface area contributed by atoms with E-state index in [1.54, 1.807) is 25.7 Å². The lowest BCUT2D eigenvalue weighted by molar-refractivity contribution is -0.0526. The van der Waals surface area contributed by atoms with Gasteiger partial charge < -0.3 is 19.1 Å². The van der Waals surface area contributed by atoms with Gasteiger partial charge in [0.15, 0.2) is 11.5 Å². The molecular formula is C18H23F2NO5. The van der Waals surface area contributed by atoms with Crippen LogP contribution in [0.15, 0.2) is 18.2 Å². The second kappa shape index (κ2) is 8.33. The maximum Gasteiger partial charge on any atom is 0.410 e. The molecule has 1 heterocycles. The molecule has 0 radical (unpaired) electrons. The van der Waals surface area contributed by atoms with Crippen molar-refractivity contribution in [1.29, 1.82) is 0 Å². The van der Waals surface area contributed by atoms with Crippen molar-refractivity contribution >= 4 is 12.4 Å². The highest BCUT2D eigenvalue weighted by molar-refractivity contribution is 5.76. The Bertz CT molecular complexity index is 637. The normalized spacial score (nSPS) is 15.7. The third-order valence-corrected chi connectivity index (χ3v) is 3.71. The van der Waals surface area contributed by atoms with Crippen LogP contribution in [-0.4, -0.2) is 48.7 Å². The summed E-state index contributed by atoms with van der Waals surface area (Å²) in [4.78, 5) is 24.6. The van der Waals surface area contributed by atoms with E-state index in [1.165, 1.54) is 18.2 Å². The minimum atomic E-state index is -2.99. The average Bonchev–Trinajstić information content (AvgIpc) is 2.55. The minimum absolute atomic E-state index is 0.0885. The number of benzene rings is 1.